The zero-order valence-electron chi connectivity index (χ0n) is 17.5. The van der Waals surface area contributed by atoms with Crippen molar-refractivity contribution in [2.45, 2.75) is 64.9 Å². The van der Waals surface area contributed by atoms with Gasteiger partial charge in [0.2, 0.25) is 0 Å². The molecule has 0 aromatic heterocycles. The maximum atomic E-state index is 14.2. The molecule has 0 heterocycles. The Morgan fingerprint density at radius 1 is 1.07 bits per heavy atom. The zero-order valence-corrected chi connectivity index (χ0v) is 17.5. The first-order valence-corrected chi connectivity index (χ1v) is 11.2. The summed E-state index contributed by atoms with van der Waals surface area (Å²) in [5.74, 6) is 1.42. The number of benzene rings is 1. The Labute approximate surface area is 172 Å². The maximum absolute atomic E-state index is 14.2. The van der Waals surface area contributed by atoms with Crippen LogP contribution in [-0.2, 0) is 4.79 Å². The van der Waals surface area contributed by atoms with Crippen LogP contribution in [0.5, 0.6) is 0 Å². The van der Waals surface area contributed by atoms with Crippen LogP contribution in [-0.4, -0.2) is 17.0 Å². The van der Waals surface area contributed by atoms with E-state index in [9.17, 15) is 14.3 Å². The van der Waals surface area contributed by atoms with Gasteiger partial charge in [-0.1, -0.05) is 43.7 Å². The van der Waals surface area contributed by atoms with E-state index in [-0.39, 0.29) is 28.5 Å². The second-order valence-corrected chi connectivity index (χ2v) is 10.3. The lowest BCUT2D eigenvalue weighted by Crippen LogP contribution is -2.50. The number of carbonyl (C=O) groups excluding carboxylic acids is 1. The third-order valence-corrected chi connectivity index (χ3v) is 8.95. The largest absolute Gasteiger partial charge is 0.393 e. The van der Waals surface area contributed by atoms with Crippen LogP contribution in [0.2, 0.25) is 0 Å². The summed E-state index contributed by atoms with van der Waals surface area (Å²) in [5, 5.41) is 10.2. The summed E-state index contributed by atoms with van der Waals surface area (Å²) < 4.78 is 14.2. The Balaban J connectivity index is 1.49. The molecule has 0 spiro atoms. The summed E-state index contributed by atoms with van der Waals surface area (Å²) in [5.41, 5.74) is 2.64. The Morgan fingerprint density at radius 3 is 2.62 bits per heavy atom. The summed E-state index contributed by atoms with van der Waals surface area (Å²) >= 11 is 0. The summed E-state index contributed by atoms with van der Waals surface area (Å²) in [4.78, 5) is 13.4. The van der Waals surface area contributed by atoms with Crippen molar-refractivity contribution in [3.8, 4) is 0 Å². The minimum absolute atomic E-state index is 0.171. The average molecular weight is 395 g/mol. The van der Waals surface area contributed by atoms with Gasteiger partial charge in [-0.05, 0) is 85.8 Å². The Kier molecular flexibility index (Phi) is 4.40. The van der Waals surface area contributed by atoms with E-state index < -0.39 is 0 Å². The molecule has 4 aliphatic carbocycles. The quantitative estimate of drug-likeness (QED) is 0.489. The minimum Gasteiger partial charge on any atom is -0.393 e. The highest BCUT2D eigenvalue weighted by Crippen LogP contribution is 2.64. The lowest BCUT2D eigenvalue weighted by Gasteiger charge is -2.56. The van der Waals surface area contributed by atoms with Gasteiger partial charge in [0, 0.05) is 11.0 Å². The van der Waals surface area contributed by atoms with Crippen molar-refractivity contribution >= 4 is 11.9 Å². The second kappa shape index (κ2) is 6.63. The van der Waals surface area contributed by atoms with E-state index in [4.69, 9.17) is 0 Å². The lowest BCUT2D eigenvalue weighted by molar-refractivity contribution is -0.130. The van der Waals surface area contributed by atoms with Crippen LogP contribution in [0.25, 0.3) is 6.08 Å². The first-order valence-electron chi connectivity index (χ1n) is 11.2. The van der Waals surface area contributed by atoms with Crippen LogP contribution >= 0.6 is 0 Å². The van der Waals surface area contributed by atoms with Crippen molar-refractivity contribution in [2.75, 3.05) is 0 Å². The Hall–Kier alpha value is -1.74. The van der Waals surface area contributed by atoms with Crippen molar-refractivity contribution in [1.29, 1.82) is 0 Å². The highest BCUT2D eigenvalue weighted by atomic mass is 19.1. The molecule has 0 amide bonds. The molecule has 1 N–H and O–H groups in total. The fourth-order valence-electron chi connectivity index (χ4n) is 7.22. The fourth-order valence-corrected chi connectivity index (χ4v) is 7.22. The molecule has 5 rings (SSSR count). The van der Waals surface area contributed by atoms with Gasteiger partial charge in [-0.2, -0.15) is 0 Å². The third-order valence-electron chi connectivity index (χ3n) is 8.95. The normalized spacial score (nSPS) is 42.8. The molecule has 0 saturated heterocycles. The van der Waals surface area contributed by atoms with Crippen LogP contribution in [0, 0.1) is 34.4 Å². The van der Waals surface area contributed by atoms with Gasteiger partial charge in [0.1, 0.15) is 5.82 Å². The number of aliphatic hydroxyl groups is 1. The van der Waals surface area contributed by atoms with Gasteiger partial charge in [-0.3, -0.25) is 4.79 Å². The third kappa shape index (κ3) is 2.80. The molecule has 3 heteroatoms. The molecule has 29 heavy (non-hydrogen) atoms. The number of allylic oxidation sites excluding steroid dienone is 2. The molecule has 2 nitrogen and oxygen atoms in total. The number of hydrogen-bond donors (Lipinski definition) is 1. The van der Waals surface area contributed by atoms with E-state index in [1.807, 2.05) is 6.07 Å². The van der Waals surface area contributed by atoms with E-state index in [1.54, 1.807) is 18.2 Å². The molecule has 1 aromatic carbocycles. The van der Waals surface area contributed by atoms with Crippen molar-refractivity contribution in [3.05, 3.63) is 52.9 Å². The molecule has 6 atom stereocenters. The number of carbonyl (C=O) groups is 1. The van der Waals surface area contributed by atoms with Gasteiger partial charge in [0.15, 0.2) is 5.78 Å². The van der Waals surface area contributed by atoms with Crippen molar-refractivity contribution in [1.82, 2.24) is 0 Å². The highest BCUT2D eigenvalue weighted by molar-refractivity contribution is 6.06. The summed E-state index contributed by atoms with van der Waals surface area (Å²) in [7, 11) is 0. The topological polar surface area (TPSA) is 37.3 Å². The predicted octanol–water partition coefficient (Wildman–Crippen LogP) is 5.71. The van der Waals surface area contributed by atoms with Crippen molar-refractivity contribution < 1.29 is 14.3 Å². The van der Waals surface area contributed by atoms with Crippen LogP contribution in [0.15, 0.2) is 41.5 Å². The zero-order chi connectivity index (χ0) is 20.4. The van der Waals surface area contributed by atoms with Crippen LogP contribution in [0.4, 0.5) is 4.39 Å². The van der Waals surface area contributed by atoms with Gasteiger partial charge < -0.3 is 5.11 Å². The Bertz CT molecular complexity index is 915. The van der Waals surface area contributed by atoms with Gasteiger partial charge in [-0.15, -0.1) is 0 Å². The molecule has 0 aliphatic heterocycles. The first-order chi connectivity index (χ1) is 13.8. The molecular formula is C26H31FO2. The number of hydrogen-bond acceptors (Lipinski definition) is 2. The van der Waals surface area contributed by atoms with E-state index in [2.05, 4.69) is 19.9 Å². The molecule has 154 valence electrons. The summed E-state index contributed by atoms with van der Waals surface area (Å²) in [6, 6.07) is 6.73. The number of fused-ring (bicyclic) bond motifs is 5. The highest BCUT2D eigenvalue weighted by Gasteiger charge is 2.59. The van der Waals surface area contributed by atoms with E-state index in [1.165, 1.54) is 11.6 Å². The number of rotatable bonds is 1. The molecule has 4 unspecified atom stereocenters. The van der Waals surface area contributed by atoms with Gasteiger partial charge in [-0.25, -0.2) is 4.39 Å². The van der Waals surface area contributed by atoms with Crippen LogP contribution in [0.1, 0.15) is 64.4 Å². The molecular weight excluding hydrogens is 363 g/mol. The molecule has 0 bridgehead atoms. The lowest BCUT2D eigenvalue weighted by atomic mass is 9.48. The summed E-state index contributed by atoms with van der Waals surface area (Å²) in [6.07, 6.45) is 10.6. The predicted molar refractivity (Wildman–Crippen MR) is 112 cm³/mol. The van der Waals surface area contributed by atoms with E-state index >= 15 is 0 Å². The average Bonchev–Trinajstić information content (AvgIpc) is 2.95. The van der Waals surface area contributed by atoms with Crippen molar-refractivity contribution in [3.63, 3.8) is 0 Å². The standard InChI is InChI=1S/C26H31FO2/c1-25-11-9-19(28)15-18(25)7-8-20-21(25)10-12-26(2)22(20)14-17(24(26)29)13-16-5-3-4-6-23(16)27/h3-7,13,19-22,28H,8-12,14-15H2,1-2H3/b17-13+/t19?,20?,21?,22?,25-,26-/m1/s1. The summed E-state index contributed by atoms with van der Waals surface area (Å²) in [6.45, 7) is 4.56. The minimum atomic E-state index is -0.311. The van der Waals surface area contributed by atoms with Crippen LogP contribution < -0.4 is 0 Å². The number of aliphatic hydroxyl groups excluding tert-OH is 1. The second-order valence-electron chi connectivity index (χ2n) is 10.3. The first kappa shape index (κ1) is 19.2. The van der Waals surface area contributed by atoms with Gasteiger partial charge in [0.25, 0.3) is 0 Å². The smallest absolute Gasteiger partial charge is 0.165 e. The van der Waals surface area contributed by atoms with Gasteiger partial charge >= 0.3 is 0 Å². The molecule has 4 aliphatic rings. The SMILES string of the molecule is C[C@@]12CCC3C(CC=C4CC(O)CC[C@]43C)C1C/C(=C\c1ccccc1F)C2=O. The Morgan fingerprint density at radius 2 is 1.83 bits per heavy atom. The molecule has 0 radical (unpaired) electrons. The number of ketones is 1. The van der Waals surface area contributed by atoms with Gasteiger partial charge in [0.05, 0.1) is 6.10 Å². The number of halogens is 1. The van der Waals surface area contributed by atoms with Crippen molar-refractivity contribution in [2.24, 2.45) is 28.6 Å². The van der Waals surface area contributed by atoms with E-state index in [0.29, 0.717) is 23.3 Å². The maximum Gasteiger partial charge on any atom is 0.165 e. The molecule has 1 aromatic rings. The molecule has 3 fully saturated rings. The molecule has 3 saturated carbocycles. The van der Waals surface area contributed by atoms with Crippen LogP contribution in [0.3, 0.4) is 0 Å². The number of Topliss-reactive ketones (excluding diaryl/α,β-unsaturated/α-hetero) is 1. The fraction of sp³-hybridized carbons (Fsp3) is 0.577. The van der Waals surface area contributed by atoms with E-state index in [0.717, 1.165) is 50.5 Å². The monoisotopic (exact) mass is 394 g/mol.